The molecule has 1 heterocycles. The Kier molecular flexibility index (Phi) is 5.66. The summed E-state index contributed by atoms with van der Waals surface area (Å²) < 4.78 is 49.6. The van der Waals surface area contributed by atoms with Crippen molar-refractivity contribution in [3.63, 3.8) is 0 Å². The van der Waals surface area contributed by atoms with Crippen LogP contribution in [0.25, 0.3) is 10.4 Å². The first-order chi connectivity index (χ1) is 9.96. The molecular formula is C14H13F4NS2. The number of thioether (sulfide) groups is 1. The van der Waals surface area contributed by atoms with Crippen LogP contribution in [0.15, 0.2) is 35.7 Å². The highest BCUT2D eigenvalue weighted by molar-refractivity contribution is 8.00. The molecule has 0 aliphatic heterocycles. The van der Waals surface area contributed by atoms with Crippen molar-refractivity contribution in [1.29, 1.82) is 0 Å². The van der Waals surface area contributed by atoms with Crippen LogP contribution in [-0.2, 0) is 6.54 Å². The van der Waals surface area contributed by atoms with Crippen LogP contribution in [0, 0.1) is 5.82 Å². The molecule has 0 fully saturated rings. The molecule has 0 bridgehead atoms. The molecule has 0 spiro atoms. The third-order valence-corrected chi connectivity index (χ3v) is 4.33. The van der Waals surface area contributed by atoms with Gasteiger partial charge in [0.1, 0.15) is 5.82 Å². The number of rotatable bonds is 6. The molecule has 1 nitrogen and oxygen atoms in total. The zero-order chi connectivity index (χ0) is 15.3. The summed E-state index contributed by atoms with van der Waals surface area (Å²) >= 11 is 1.40. The molecule has 1 aromatic heterocycles. The van der Waals surface area contributed by atoms with E-state index in [1.165, 1.54) is 17.4 Å². The highest BCUT2D eigenvalue weighted by Crippen LogP contribution is 2.30. The quantitative estimate of drug-likeness (QED) is 0.595. The van der Waals surface area contributed by atoms with Crippen molar-refractivity contribution in [2.75, 3.05) is 12.3 Å². The molecule has 1 N–H and O–H groups in total. The standard InChI is InChI=1S/C14H13F4NS2/c15-12-4-3-10(8-11(12)13-2-1-6-20-13)9-19-5-7-21-14(16,17)18/h1-4,6,8,19H,5,7,9H2. The maximum atomic E-state index is 13.8. The van der Waals surface area contributed by atoms with E-state index in [2.05, 4.69) is 5.32 Å². The smallest absolute Gasteiger partial charge is 0.312 e. The largest absolute Gasteiger partial charge is 0.441 e. The molecule has 0 aliphatic rings. The van der Waals surface area contributed by atoms with Gasteiger partial charge in [-0.05, 0) is 40.9 Å². The van der Waals surface area contributed by atoms with Crippen LogP contribution in [0.1, 0.15) is 5.56 Å². The van der Waals surface area contributed by atoms with E-state index >= 15 is 0 Å². The molecule has 114 valence electrons. The van der Waals surface area contributed by atoms with Crippen molar-refractivity contribution in [3.05, 3.63) is 47.1 Å². The maximum absolute atomic E-state index is 13.8. The van der Waals surface area contributed by atoms with E-state index in [0.29, 0.717) is 12.1 Å². The minimum absolute atomic E-state index is 0.0392. The van der Waals surface area contributed by atoms with Gasteiger partial charge >= 0.3 is 5.51 Å². The molecule has 2 aromatic rings. The molecule has 2 rings (SSSR count). The van der Waals surface area contributed by atoms with Crippen molar-refractivity contribution >= 4 is 23.1 Å². The van der Waals surface area contributed by atoms with E-state index < -0.39 is 5.51 Å². The van der Waals surface area contributed by atoms with Crippen molar-refractivity contribution in [2.45, 2.75) is 12.1 Å². The summed E-state index contributed by atoms with van der Waals surface area (Å²) in [7, 11) is 0. The maximum Gasteiger partial charge on any atom is 0.441 e. The number of hydrogen-bond donors (Lipinski definition) is 1. The van der Waals surface area contributed by atoms with Crippen LogP contribution in [0.2, 0.25) is 0 Å². The predicted molar refractivity (Wildman–Crippen MR) is 79.9 cm³/mol. The predicted octanol–water partition coefficient (Wildman–Crippen LogP) is 4.90. The molecule has 0 unspecified atom stereocenters. The lowest BCUT2D eigenvalue weighted by Crippen LogP contribution is -2.18. The fourth-order valence-electron chi connectivity index (χ4n) is 1.77. The zero-order valence-electron chi connectivity index (χ0n) is 10.9. The zero-order valence-corrected chi connectivity index (χ0v) is 12.5. The molecular weight excluding hydrogens is 322 g/mol. The second kappa shape index (κ2) is 7.29. The van der Waals surface area contributed by atoms with Crippen LogP contribution < -0.4 is 5.32 Å². The first-order valence-corrected chi connectivity index (χ1v) is 8.06. The van der Waals surface area contributed by atoms with Gasteiger partial charge in [0.15, 0.2) is 0 Å². The SMILES string of the molecule is Fc1ccc(CNCCSC(F)(F)F)cc1-c1cccs1. The van der Waals surface area contributed by atoms with Gasteiger partial charge in [0.05, 0.1) is 0 Å². The molecule has 0 saturated heterocycles. The fraction of sp³-hybridized carbons (Fsp3) is 0.286. The Hall–Kier alpha value is -1.05. The number of benzene rings is 1. The van der Waals surface area contributed by atoms with E-state index in [1.54, 1.807) is 12.1 Å². The Balaban J connectivity index is 1.89. The number of thiophene rings is 1. The molecule has 0 aliphatic carbocycles. The molecule has 0 radical (unpaired) electrons. The first kappa shape index (κ1) is 16.3. The summed E-state index contributed by atoms with van der Waals surface area (Å²) in [5, 5.41) is 4.80. The highest BCUT2D eigenvalue weighted by atomic mass is 32.2. The van der Waals surface area contributed by atoms with Crippen LogP contribution in [0.3, 0.4) is 0 Å². The molecule has 7 heteroatoms. The van der Waals surface area contributed by atoms with Gasteiger partial charge in [-0.3, -0.25) is 0 Å². The molecule has 0 saturated carbocycles. The minimum Gasteiger partial charge on any atom is -0.312 e. The van der Waals surface area contributed by atoms with Gasteiger partial charge in [-0.15, -0.1) is 11.3 Å². The van der Waals surface area contributed by atoms with E-state index in [-0.39, 0.29) is 29.9 Å². The Morgan fingerprint density at radius 1 is 1.19 bits per heavy atom. The van der Waals surface area contributed by atoms with Crippen molar-refractivity contribution in [2.24, 2.45) is 0 Å². The Morgan fingerprint density at radius 3 is 2.67 bits per heavy atom. The average Bonchev–Trinajstić information content (AvgIpc) is 2.92. The van der Waals surface area contributed by atoms with Gasteiger partial charge in [-0.1, -0.05) is 12.1 Å². The van der Waals surface area contributed by atoms with E-state index in [9.17, 15) is 17.6 Å². The monoisotopic (exact) mass is 335 g/mol. The summed E-state index contributed by atoms with van der Waals surface area (Å²) in [4.78, 5) is 0.835. The molecule has 21 heavy (non-hydrogen) atoms. The Morgan fingerprint density at radius 2 is 2.00 bits per heavy atom. The lowest BCUT2D eigenvalue weighted by molar-refractivity contribution is -0.0327. The number of halogens is 4. The molecule has 1 aromatic carbocycles. The van der Waals surface area contributed by atoms with Crippen LogP contribution in [-0.4, -0.2) is 17.8 Å². The van der Waals surface area contributed by atoms with Crippen molar-refractivity contribution in [3.8, 4) is 10.4 Å². The second-order valence-corrected chi connectivity index (χ2v) is 6.37. The Bertz CT molecular complexity index is 567. The van der Waals surface area contributed by atoms with E-state index in [1.807, 2.05) is 17.5 Å². The molecule has 0 amide bonds. The van der Waals surface area contributed by atoms with E-state index in [0.717, 1.165) is 10.4 Å². The second-order valence-electron chi connectivity index (χ2n) is 4.26. The summed E-state index contributed by atoms with van der Waals surface area (Å²) in [5.74, 6) is -0.337. The van der Waals surface area contributed by atoms with Crippen molar-refractivity contribution in [1.82, 2.24) is 5.32 Å². The molecule has 0 atom stereocenters. The Labute approximate surface area is 128 Å². The van der Waals surface area contributed by atoms with Gasteiger partial charge in [-0.2, -0.15) is 13.2 Å². The summed E-state index contributed by atoms with van der Waals surface area (Å²) in [6.07, 6.45) is 0. The highest BCUT2D eigenvalue weighted by Gasteiger charge is 2.27. The topological polar surface area (TPSA) is 12.0 Å². The number of nitrogens with one attached hydrogen (secondary N) is 1. The van der Waals surface area contributed by atoms with Gasteiger partial charge in [0, 0.05) is 29.3 Å². The normalized spacial score (nSPS) is 11.8. The average molecular weight is 335 g/mol. The number of hydrogen-bond acceptors (Lipinski definition) is 3. The van der Waals surface area contributed by atoms with Gasteiger partial charge in [-0.25, -0.2) is 4.39 Å². The van der Waals surface area contributed by atoms with E-state index in [4.69, 9.17) is 0 Å². The number of alkyl halides is 3. The van der Waals surface area contributed by atoms with Crippen molar-refractivity contribution < 1.29 is 17.6 Å². The van der Waals surface area contributed by atoms with Gasteiger partial charge < -0.3 is 5.32 Å². The first-order valence-electron chi connectivity index (χ1n) is 6.19. The summed E-state index contributed by atoms with van der Waals surface area (Å²) in [6, 6.07) is 8.43. The van der Waals surface area contributed by atoms with Gasteiger partial charge in [0.2, 0.25) is 0 Å². The summed E-state index contributed by atoms with van der Waals surface area (Å²) in [6.45, 7) is 0.660. The third kappa shape index (κ3) is 5.33. The van der Waals surface area contributed by atoms with Gasteiger partial charge in [0.25, 0.3) is 0 Å². The van der Waals surface area contributed by atoms with Crippen LogP contribution >= 0.6 is 23.1 Å². The fourth-order valence-corrected chi connectivity index (χ4v) is 3.00. The van der Waals surface area contributed by atoms with Crippen LogP contribution in [0.5, 0.6) is 0 Å². The summed E-state index contributed by atoms with van der Waals surface area (Å²) in [5.41, 5.74) is -2.82. The lowest BCUT2D eigenvalue weighted by Gasteiger charge is -2.08. The lowest BCUT2D eigenvalue weighted by atomic mass is 10.1. The van der Waals surface area contributed by atoms with Crippen LogP contribution in [0.4, 0.5) is 17.6 Å². The third-order valence-electron chi connectivity index (χ3n) is 2.69. The minimum atomic E-state index is -4.19.